The van der Waals surface area contributed by atoms with Gasteiger partial charge in [-0.15, -0.1) is 0 Å². The van der Waals surface area contributed by atoms with E-state index < -0.39 is 0 Å². The van der Waals surface area contributed by atoms with Gasteiger partial charge >= 0.3 is 0 Å². The summed E-state index contributed by atoms with van der Waals surface area (Å²) in [6.45, 7) is 4.42. The van der Waals surface area contributed by atoms with E-state index in [9.17, 15) is 4.79 Å². The Morgan fingerprint density at radius 3 is 2.35 bits per heavy atom. The summed E-state index contributed by atoms with van der Waals surface area (Å²) in [6.07, 6.45) is 10.4. The van der Waals surface area contributed by atoms with Gasteiger partial charge in [0.25, 0.3) is 0 Å². The quantitative estimate of drug-likeness (QED) is 0.669. The summed E-state index contributed by atoms with van der Waals surface area (Å²) in [5.41, 5.74) is 2.77. The van der Waals surface area contributed by atoms with Crippen molar-refractivity contribution in [2.24, 2.45) is 23.7 Å². The van der Waals surface area contributed by atoms with E-state index >= 15 is 0 Å². The predicted molar refractivity (Wildman–Crippen MR) is 69.6 cm³/mol. The molecule has 4 atom stereocenters. The number of hydrogen-bond acceptors (Lipinski definition) is 1. The number of rotatable bonds is 4. The molecule has 0 amide bonds. The minimum absolute atomic E-state index is 0.341. The van der Waals surface area contributed by atoms with Gasteiger partial charge in [-0.2, -0.15) is 0 Å². The van der Waals surface area contributed by atoms with E-state index in [4.69, 9.17) is 0 Å². The Bertz CT molecular complexity index is 402. The zero-order chi connectivity index (χ0) is 12.0. The number of carbonyl (C=O) groups excluding carboxylic acids is 1. The third-order valence-corrected chi connectivity index (χ3v) is 4.87. The fourth-order valence-electron chi connectivity index (χ4n) is 4.34. The molecule has 0 heterocycles. The first-order valence-corrected chi connectivity index (χ1v) is 7.22. The second-order valence-electron chi connectivity index (χ2n) is 5.87. The van der Waals surface area contributed by atoms with Crippen molar-refractivity contribution in [3.63, 3.8) is 0 Å². The van der Waals surface area contributed by atoms with Crippen molar-refractivity contribution in [3.05, 3.63) is 23.3 Å². The number of ketones is 1. The molecule has 0 N–H and O–H groups in total. The first kappa shape index (κ1) is 11.3. The molecule has 3 aliphatic carbocycles. The fourth-order valence-corrected chi connectivity index (χ4v) is 4.34. The molecule has 2 bridgehead atoms. The number of Topliss-reactive ketones (excluding diaryl/α,β-unsaturated/α-hetero) is 1. The third kappa shape index (κ3) is 1.47. The van der Waals surface area contributed by atoms with Gasteiger partial charge in [0, 0.05) is 5.92 Å². The molecule has 1 nitrogen and oxygen atoms in total. The lowest BCUT2D eigenvalue weighted by atomic mass is 9.81. The van der Waals surface area contributed by atoms with E-state index in [1.807, 2.05) is 0 Å². The zero-order valence-corrected chi connectivity index (χ0v) is 10.9. The standard InChI is InChI=1S/C16H22O/c1-3-5-12-13(6-4-2)16(17)15-11-8-7-10(9-11)14(12)15/h7-8,10-11,14-15H,3-6,9H2,1-2H3/t10-,11+,14-,15-/m0/s1. The van der Waals surface area contributed by atoms with Crippen molar-refractivity contribution in [2.45, 2.75) is 46.0 Å². The lowest BCUT2D eigenvalue weighted by molar-refractivity contribution is -0.119. The van der Waals surface area contributed by atoms with Gasteiger partial charge in [-0.05, 0) is 42.6 Å². The highest BCUT2D eigenvalue weighted by molar-refractivity contribution is 6.02. The van der Waals surface area contributed by atoms with Crippen LogP contribution in [0.25, 0.3) is 0 Å². The monoisotopic (exact) mass is 230 g/mol. The van der Waals surface area contributed by atoms with Crippen LogP contribution in [-0.2, 0) is 4.79 Å². The Labute approximate surface area is 104 Å². The maximum atomic E-state index is 12.6. The average Bonchev–Trinajstić information content (AvgIpc) is 2.97. The van der Waals surface area contributed by atoms with Crippen LogP contribution >= 0.6 is 0 Å². The number of hydrogen-bond donors (Lipinski definition) is 0. The molecule has 0 radical (unpaired) electrons. The van der Waals surface area contributed by atoms with Crippen LogP contribution in [0.2, 0.25) is 0 Å². The van der Waals surface area contributed by atoms with Crippen LogP contribution in [-0.4, -0.2) is 5.78 Å². The van der Waals surface area contributed by atoms with Crippen molar-refractivity contribution < 1.29 is 4.79 Å². The van der Waals surface area contributed by atoms with E-state index in [1.54, 1.807) is 5.57 Å². The average molecular weight is 230 g/mol. The molecule has 1 saturated carbocycles. The topological polar surface area (TPSA) is 17.1 Å². The van der Waals surface area contributed by atoms with Crippen LogP contribution in [0.3, 0.4) is 0 Å². The van der Waals surface area contributed by atoms with E-state index in [-0.39, 0.29) is 0 Å². The summed E-state index contributed by atoms with van der Waals surface area (Å²) < 4.78 is 0. The molecule has 0 saturated heterocycles. The molecule has 0 aromatic heterocycles. The molecule has 0 unspecified atom stereocenters. The third-order valence-electron chi connectivity index (χ3n) is 4.87. The number of fused-ring (bicyclic) bond motifs is 5. The van der Waals surface area contributed by atoms with Gasteiger partial charge in [-0.25, -0.2) is 0 Å². The van der Waals surface area contributed by atoms with E-state index in [1.165, 1.54) is 18.4 Å². The SMILES string of the molecule is CCCC1=C(CCC)[C@H]2[C@@H](C1=O)[C@@H]1C=C[C@H]2C1. The van der Waals surface area contributed by atoms with Crippen molar-refractivity contribution in [1.82, 2.24) is 0 Å². The number of allylic oxidation sites excluding steroid dienone is 4. The molecule has 92 valence electrons. The minimum Gasteiger partial charge on any atom is -0.294 e. The highest BCUT2D eigenvalue weighted by atomic mass is 16.1. The molecular weight excluding hydrogens is 208 g/mol. The summed E-state index contributed by atoms with van der Waals surface area (Å²) in [4.78, 5) is 12.6. The van der Waals surface area contributed by atoms with Crippen LogP contribution in [0, 0.1) is 23.7 Å². The van der Waals surface area contributed by atoms with E-state index in [0.29, 0.717) is 29.5 Å². The van der Waals surface area contributed by atoms with Crippen LogP contribution in [0.15, 0.2) is 23.3 Å². The maximum absolute atomic E-state index is 12.6. The molecule has 0 aromatic rings. The Morgan fingerprint density at radius 1 is 1.06 bits per heavy atom. The van der Waals surface area contributed by atoms with Crippen molar-refractivity contribution >= 4 is 5.78 Å². The fraction of sp³-hybridized carbons (Fsp3) is 0.688. The van der Waals surface area contributed by atoms with Crippen LogP contribution in [0.1, 0.15) is 46.0 Å². The predicted octanol–water partition coefficient (Wildman–Crippen LogP) is 3.90. The van der Waals surface area contributed by atoms with Crippen LogP contribution in [0.4, 0.5) is 0 Å². The van der Waals surface area contributed by atoms with Gasteiger partial charge in [-0.3, -0.25) is 4.79 Å². The molecule has 1 fully saturated rings. The summed E-state index contributed by atoms with van der Waals surface area (Å²) in [5, 5.41) is 0. The van der Waals surface area contributed by atoms with Crippen molar-refractivity contribution in [3.8, 4) is 0 Å². The maximum Gasteiger partial charge on any atom is 0.163 e. The molecule has 0 aromatic carbocycles. The van der Waals surface area contributed by atoms with Gasteiger partial charge in [0.15, 0.2) is 5.78 Å². The molecule has 1 heteroatoms. The molecule has 3 aliphatic rings. The summed E-state index contributed by atoms with van der Waals surface area (Å²) >= 11 is 0. The molecule has 3 rings (SSSR count). The Morgan fingerprint density at radius 2 is 1.71 bits per heavy atom. The molecule has 0 spiro atoms. The summed E-state index contributed by atoms with van der Waals surface area (Å²) in [7, 11) is 0. The van der Waals surface area contributed by atoms with E-state index in [0.717, 1.165) is 19.3 Å². The summed E-state index contributed by atoms with van der Waals surface area (Å²) in [5.74, 6) is 2.70. The second-order valence-corrected chi connectivity index (χ2v) is 5.87. The highest BCUT2D eigenvalue weighted by Gasteiger charge is 2.53. The van der Waals surface area contributed by atoms with E-state index in [2.05, 4.69) is 26.0 Å². The Kier molecular flexibility index (Phi) is 2.72. The van der Waals surface area contributed by atoms with Crippen LogP contribution in [0.5, 0.6) is 0 Å². The minimum atomic E-state index is 0.341. The molecule has 17 heavy (non-hydrogen) atoms. The van der Waals surface area contributed by atoms with Gasteiger partial charge in [0.2, 0.25) is 0 Å². The molecular formula is C16H22O. The smallest absolute Gasteiger partial charge is 0.163 e. The van der Waals surface area contributed by atoms with Crippen LogP contribution < -0.4 is 0 Å². The van der Waals surface area contributed by atoms with Crippen molar-refractivity contribution in [1.29, 1.82) is 0 Å². The highest BCUT2D eigenvalue weighted by Crippen LogP contribution is 2.57. The normalized spacial score (nSPS) is 38.4. The Hall–Kier alpha value is -0.850. The van der Waals surface area contributed by atoms with Gasteiger partial charge < -0.3 is 0 Å². The van der Waals surface area contributed by atoms with Gasteiger partial charge in [0.1, 0.15) is 0 Å². The zero-order valence-electron chi connectivity index (χ0n) is 10.9. The first-order chi connectivity index (χ1) is 8.27. The largest absolute Gasteiger partial charge is 0.294 e. The van der Waals surface area contributed by atoms with Gasteiger partial charge in [-0.1, -0.05) is 44.4 Å². The second kappa shape index (κ2) is 4.12. The lowest BCUT2D eigenvalue weighted by Gasteiger charge is -2.22. The lowest BCUT2D eigenvalue weighted by Crippen LogP contribution is -2.22. The Balaban J connectivity index is 1.97. The number of carbonyl (C=O) groups is 1. The van der Waals surface area contributed by atoms with Crippen molar-refractivity contribution in [2.75, 3.05) is 0 Å². The summed E-state index contributed by atoms with van der Waals surface area (Å²) in [6, 6.07) is 0. The van der Waals surface area contributed by atoms with Gasteiger partial charge in [0.05, 0.1) is 0 Å². The molecule has 0 aliphatic heterocycles. The first-order valence-electron chi connectivity index (χ1n) is 7.22.